The molecule has 0 aliphatic carbocycles. The molecule has 0 radical (unpaired) electrons. The van der Waals surface area contributed by atoms with Crippen molar-refractivity contribution >= 4 is 11.7 Å². The second kappa shape index (κ2) is 5.46. The molecule has 4 rings (SSSR count). The third-order valence-electron chi connectivity index (χ3n) is 4.43. The number of anilines is 1. The van der Waals surface area contributed by atoms with E-state index in [2.05, 4.69) is 34.1 Å². The van der Waals surface area contributed by atoms with Gasteiger partial charge in [0.05, 0.1) is 5.56 Å². The molecule has 2 aromatic carbocycles. The van der Waals surface area contributed by atoms with Crippen LogP contribution in [-0.2, 0) is 4.74 Å². The summed E-state index contributed by atoms with van der Waals surface area (Å²) in [5.74, 6) is -0.203. The first-order valence-corrected chi connectivity index (χ1v) is 7.67. The molecule has 2 aliphatic heterocycles. The second-order valence-corrected chi connectivity index (χ2v) is 5.70. The Kier molecular flexibility index (Phi) is 3.31. The molecule has 1 saturated heterocycles. The number of piperazine rings is 1. The van der Waals surface area contributed by atoms with Crippen molar-refractivity contribution in [3.05, 3.63) is 65.7 Å². The topological polar surface area (TPSA) is 32.8 Å². The van der Waals surface area contributed by atoms with Gasteiger partial charge >= 0.3 is 5.97 Å². The largest absolute Gasteiger partial charge is 0.438 e. The molecule has 112 valence electrons. The third-order valence-corrected chi connectivity index (χ3v) is 4.43. The van der Waals surface area contributed by atoms with E-state index in [-0.39, 0.29) is 12.2 Å². The normalized spacial score (nSPS) is 21.5. The lowest BCUT2D eigenvalue weighted by Gasteiger charge is -2.38. The summed E-state index contributed by atoms with van der Waals surface area (Å²) >= 11 is 0. The number of nitrogens with zero attached hydrogens (tertiary/aromatic N) is 2. The Morgan fingerprint density at radius 2 is 1.55 bits per heavy atom. The van der Waals surface area contributed by atoms with Crippen LogP contribution in [0.15, 0.2) is 54.6 Å². The molecule has 0 aromatic heterocycles. The average Bonchev–Trinajstić information content (AvgIpc) is 2.93. The molecule has 0 N–H and O–H groups in total. The van der Waals surface area contributed by atoms with E-state index in [9.17, 15) is 4.79 Å². The first-order chi connectivity index (χ1) is 10.8. The van der Waals surface area contributed by atoms with Gasteiger partial charge in [0.1, 0.15) is 0 Å². The SMILES string of the molecule is O=C1OC(N2CCN(c3ccccc3)CC2)c2ccccc21. The number of cyclic esters (lactones) is 1. The van der Waals surface area contributed by atoms with Gasteiger partial charge in [-0.3, -0.25) is 4.90 Å². The van der Waals surface area contributed by atoms with Crippen LogP contribution in [0.1, 0.15) is 22.1 Å². The molecule has 0 spiro atoms. The van der Waals surface area contributed by atoms with Crippen LogP contribution in [0.5, 0.6) is 0 Å². The van der Waals surface area contributed by atoms with Crippen molar-refractivity contribution < 1.29 is 9.53 Å². The average molecular weight is 294 g/mol. The zero-order chi connectivity index (χ0) is 14.9. The summed E-state index contributed by atoms with van der Waals surface area (Å²) in [6.07, 6.45) is -0.221. The maximum atomic E-state index is 11.9. The molecule has 4 nitrogen and oxygen atoms in total. The number of carbonyl (C=O) groups excluding carboxylic acids is 1. The van der Waals surface area contributed by atoms with E-state index in [1.165, 1.54) is 5.69 Å². The Morgan fingerprint density at radius 3 is 2.32 bits per heavy atom. The fraction of sp³-hybridized carbons (Fsp3) is 0.278. The van der Waals surface area contributed by atoms with Crippen LogP contribution in [0.4, 0.5) is 5.69 Å². The van der Waals surface area contributed by atoms with Gasteiger partial charge in [-0.1, -0.05) is 36.4 Å². The lowest BCUT2D eigenvalue weighted by Crippen LogP contribution is -2.47. The minimum atomic E-state index is -0.221. The number of hydrogen-bond acceptors (Lipinski definition) is 4. The fourth-order valence-electron chi connectivity index (χ4n) is 3.25. The standard InChI is InChI=1S/C18H18N2O2/c21-18-16-9-5-4-8-15(16)17(22-18)20-12-10-19(11-13-20)14-6-2-1-3-7-14/h1-9,17H,10-13H2. The van der Waals surface area contributed by atoms with Crippen molar-refractivity contribution in [3.8, 4) is 0 Å². The number of esters is 1. The predicted molar refractivity (Wildman–Crippen MR) is 84.8 cm³/mol. The molecular formula is C18H18N2O2. The van der Waals surface area contributed by atoms with Crippen molar-refractivity contribution in [2.75, 3.05) is 31.1 Å². The molecule has 2 aliphatic rings. The molecule has 2 heterocycles. The quantitative estimate of drug-likeness (QED) is 0.797. The van der Waals surface area contributed by atoms with Crippen molar-refractivity contribution in [1.29, 1.82) is 0 Å². The Bertz CT molecular complexity index is 678. The van der Waals surface area contributed by atoms with Gasteiger partial charge in [-0.2, -0.15) is 0 Å². The summed E-state index contributed by atoms with van der Waals surface area (Å²) in [6, 6.07) is 18.1. The lowest BCUT2D eigenvalue weighted by molar-refractivity contribution is -0.0250. The molecule has 22 heavy (non-hydrogen) atoms. The van der Waals surface area contributed by atoms with E-state index < -0.39 is 0 Å². The molecule has 1 fully saturated rings. The Hall–Kier alpha value is -2.33. The van der Waals surface area contributed by atoms with E-state index in [4.69, 9.17) is 4.74 Å². The Morgan fingerprint density at radius 1 is 0.864 bits per heavy atom. The minimum Gasteiger partial charge on any atom is -0.438 e. The highest BCUT2D eigenvalue weighted by atomic mass is 16.6. The van der Waals surface area contributed by atoms with E-state index in [1.807, 2.05) is 30.3 Å². The number of fused-ring (bicyclic) bond motifs is 1. The molecule has 4 heteroatoms. The summed E-state index contributed by atoms with van der Waals surface area (Å²) in [7, 11) is 0. The number of carbonyl (C=O) groups is 1. The van der Waals surface area contributed by atoms with Crippen LogP contribution in [0, 0.1) is 0 Å². The highest BCUT2D eigenvalue weighted by Crippen LogP contribution is 2.34. The fourth-order valence-corrected chi connectivity index (χ4v) is 3.25. The third kappa shape index (κ3) is 2.25. The summed E-state index contributed by atoms with van der Waals surface area (Å²) in [6.45, 7) is 3.67. The summed E-state index contributed by atoms with van der Waals surface area (Å²) in [5.41, 5.74) is 2.96. The number of benzene rings is 2. The van der Waals surface area contributed by atoms with E-state index >= 15 is 0 Å². The number of ether oxygens (including phenoxy) is 1. The van der Waals surface area contributed by atoms with Gasteiger partial charge in [0.25, 0.3) is 0 Å². The van der Waals surface area contributed by atoms with Crippen LogP contribution < -0.4 is 4.90 Å². The molecule has 0 saturated carbocycles. The maximum Gasteiger partial charge on any atom is 0.340 e. The van der Waals surface area contributed by atoms with E-state index in [0.29, 0.717) is 5.56 Å². The Labute approximate surface area is 129 Å². The molecule has 1 atom stereocenters. The van der Waals surface area contributed by atoms with Crippen molar-refractivity contribution in [1.82, 2.24) is 4.90 Å². The molecule has 0 bridgehead atoms. The zero-order valence-electron chi connectivity index (χ0n) is 12.3. The summed E-state index contributed by atoms with van der Waals surface area (Å²) in [4.78, 5) is 16.6. The predicted octanol–water partition coefficient (Wildman–Crippen LogP) is 2.68. The van der Waals surface area contributed by atoms with Crippen molar-refractivity contribution in [3.63, 3.8) is 0 Å². The lowest BCUT2D eigenvalue weighted by atomic mass is 10.1. The second-order valence-electron chi connectivity index (χ2n) is 5.70. The number of hydrogen-bond donors (Lipinski definition) is 0. The van der Waals surface area contributed by atoms with Crippen LogP contribution in [0.25, 0.3) is 0 Å². The van der Waals surface area contributed by atoms with Gasteiger partial charge in [0.15, 0.2) is 6.23 Å². The Balaban J connectivity index is 1.48. The van der Waals surface area contributed by atoms with Gasteiger partial charge < -0.3 is 9.64 Å². The zero-order valence-corrected chi connectivity index (χ0v) is 12.3. The highest BCUT2D eigenvalue weighted by Gasteiger charge is 2.36. The van der Waals surface area contributed by atoms with Crippen LogP contribution >= 0.6 is 0 Å². The van der Waals surface area contributed by atoms with Gasteiger partial charge in [-0.25, -0.2) is 4.79 Å². The molecule has 0 amide bonds. The van der Waals surface area contributed by atoms with Gasteiger partial charge in [-0.05, 0) is 18.2 Å². The van der Waals surface area contributed by atoms with Gasteiger partial charge in [0.2, 0.25) is 0 Å². The van der Waals surface area contributed by atoms with Crippen LogP contribution in [0.3, 0.4) is 0 Å². The van der Waals surface area contributed by atoms with Crippen molar-refractivity contribution in [2.24, 2.45) is 0 Å². The first-order valence-electron chi connectivity index (χ1n) is 7.67. The number of rotatable bonds is 2. The van der Waals surface area contributed by atoms with Crippen LogP contribution in [-0.4, -0.2) is 37.0 Å². The van der Waals surface area contributed by atoms with E-state index in [0.717, 1.165) is 31.7 Å². The van der Waals surface area contributed by atoms with E-state index in [1.54, 1.807) is 0 Å². The maximum absolute atomic E-state index is 11.9. The van der Waals surface area contributed by atoms with Crippen molar-refractivity contribution in [2.45, 2.75) is 6.23 Å². The molecule has 2 aromatic rings. The highest BCUT2D eigenvalue weighted by molar-refractivity contribution is 5.93. The summed E-state index contributed by atoms with van der Waals surface area (Å²) < 4.78 is 5.58. The van der Waals surface area contributed by atoms with Crippen LogP contribution in [0.2, 0.25) is 0 Å². The van der Waals surface area contributed by atoms with Gasteiger partial charge in [0, 0.05) is 37.4 Å². The first kappa shape index (κ1) is 13.3. The minimum absolute atomic E-state index is 0.203. The molecule has 1 unspecified atom stereocenters. The summed E-state index contributed by atoms with van der Waals surface area (Å²) in [5, 5.41) is 0. The molecular weight excluding hydrogens is 276 g/mol. The smallest absolute Gasteiger partial charge is 0.340 e. The van der Waals surface area contributed by atoms with Gasteiger partial charge in [-0.15, -0.1) is 0 Å². The monoisotopic (exact) mass is 294 g/mol. The number of para-hydroxylation sites is 1.